The van der Waals surface area contributed by atoms with Crippen LogP contribution in [-0.2, 0) is 7.05 Å². The number of fused-ring (bicyclic) bond motifs is 1. The van der Waals surface area contributed by atoms with Crippen molar-refractivity contribution in [3.05, 3.63) is 34.3 Å². The fraction of sp³-hybridized carbons (Fsp3) is 0.300. The molecule has 0 fully saturated rings. The van der Waals surface area contributed by atoms with Crippen LogP contribution in [0.3, 0.4) is 0 Å². The first-order chi connectivity index (χ1) is 6.59. The average Bonchev–Trinajstić information content (AvgIpc) is 2.43. The normalized spacial score (nSPS) is 13.4. The van der Waals surface area contributed by atoms with E-state index in [1.807, 2.05) is 19.1 Å². The largest absolute Gasteiger partial charge is 0.419 e. The molecule has 0 aliphatic carbocycles. The van der Waals surface area contributed by atoms with Crippen LogP contribution in [0.1, 0.15) is 17.9 Å². The highest BCUT2D eigenvalue weighted by molar-refractivity contribution is 6.20. The third kappa shape index (κ3) is 1.34. The highest BCUT2D eigenvalue weighted by Crippen LogP contribution is 2.23. The summed E-state index contributed by atoms with van der Waals surface area (Å²) in [6.07, 6.45) is 0. The summed E-state index contributed by atoms with van der Waals surface area (Å²) in [5.41, 5.74) is 2.36. The molecule has 1 aromatic carbocycles. The van der Waals surface area contributed by atoms with E-state index in [2.05, 4.69) is 0 Å². The Labute approximate surface area is 85.9 Å². The van der Waals surface area contributed by atoms with Crippen molar-refractivity contribution in [3.63, 3.8) is 0 Å². The molecule has 0 spiro atoms. The molecule has 4 heteroatoms. The SMILES string of the molecule is CC(Cl)c1ccc2oc(=O)n(C)c2c1. The number of aromatic nitrogens is 1. The summed E-state index contributed by atoms with van der Waals surface area (Å²) in [6.45, 7) is 1.89. The number of hydrogen-bond acceptors (Lipinski definition) is 2. The summed E-state index contributed by atoms with van der Waals surface area (Å²) in [5, 5.41) is -0.0654. The molecule has 0 aliphatic heterocycles. The number of oxazole rings is 1. The van der Waals surface area contributed by atoms with Crippen LogP contribution in [-0.4, -0.2) is 4.57 Å². The Kier molecular flexibility index (Phi) is 2.11. The van der Waals surface area contributed by atoms with Crippen molar-refractivity contribution in [1.29, 1.82) is 0 Å². The highest BCUT2D eigenvalue weighted by atomic mass is 35.5. The second-order valence-corrected chi connectivity index (χ2v) is 3.92. The molecule has 1 atom stereocenters. The lowest BCUT2D eigenvalue weighted by molar-refractivity contribution is 0.528. The maximum absolute atomic E-state index is 11.2. The second kappa shape index (κ2) is 3.17. The zero-order valence-corrected chi connectivity index (χ0v) is 8.71. The molecule has 0 saturated heterocycles. The average molecular weight is 212 g/mol. The Morgan fingerprint density at radius 1 is 1.50 bits per heavy atom. The predicted octanol–water partition coefficient (Wildman–Crippen LogP) is 2.43. The summed E-state index contributed by atoms with van der Waals surface area (Å²) in [5.74, 6) is -0.348. The molecular weight excluding hydrogens is 202 g/mol. The quantitative estimate of drug-likeness (QED) is 0.679. The van der Waals surface area contributed by atoms with Crippen LogP contribution in [0, 0.1) is 0 Å². The minimum atomic E-state index is -0.348. The van der Waals surface area contributed by atoms with Crippen molar-refractivity contribution < 1.29 is 4.42 Å². The van der Waals surface area contributed by atoms with E-state index in [1.54, 1.807) is 13.1 Å². The van der Waals surface area contributed by atoms with E-state index < -0.39 is 0 Å². The van der Waals surface area contributed by atoms with E-state index in [-0.39, 0.29) is 11.1 Å². The molecule has 0 N–H and O–H groups in total. The lowest BCUT2D eigenvalue weighted by atomic mass is 10.1. The van der Waals surface area contributed by atoms with Crippen LogP contribution in [0.5, 0.6) is 0 Å². The Morgan fingerprint density at radius 3 is 2.86 bits per heavy atom. The van der Waals surface area contributed by atoms with E-state index in [9.17, 15) is 4.79 Å². The van der Waals surface area contributed by atoms with E-state index in [4.69, 9.17) is 16.0 Å². The van der Waals surface area contributed by atoms with E-state index in [0.717, 1.165) is 11.1 Å². The zero-order chi connectivity index (χ0) is 10.3. The smallest absolute Gasteiger partial charge is 0.408 e. The third-order valence-corrected chi connectivity index (χ3v) is 2.53. The molecule has 0 amide bonds. The van der Waals surface area contributed by atoms with Crippen LogP contribution in [0.2, 0.25) is 0 Å². The first-order valence-corrected chi connectivity index (χ1v) is 4.77. The number of halogens is 1. The monoisotopic (exact) mass is 211 g/mol. The number of alkyl halides is 1. The Hall–Kier alpha value is -1.22. The van der Waals surface area contributed by atoms with Gasteiger partial charge in [-0.15, -0.1) is 11.6 Å². The Bertz CT molecular complexity index is 524. The van der Waals surface area contributed by atoms with E-state index in [1.165, 1.54) is 4.57 Å². The van der Waals surface area contributed by atoms with Gasteiger partial charge in [0.05, 0.1) is 10.9 Å². The fourth-order valence-corrected chi connectivity index (χ4v) is 1.53. The molecule has 1 unspecified atom stereocenters. The molecule has 2 rings (SSSR count). The van der Waals surface area contributed by atoms with Crippen LogP contribution < -0.4 is 5.76 Å². The fourth-order valence-electron chi connectivity index (χ4n) is 1.39. The first-order valence-electron chi connectivity index (χ1n) is 4.33. The minimum Gasteiger partial charge on any atom is -0.408 e. The topological polar surface area (TPSA) is 35.1 Å². The molecule has 3 nitrogen and oxygen atoms in total. The van der Waals surface area contributed by atoms with Gasteiger partial charge in [0.2, 0.25) is 0 Å². The summed E-state index contributed by atoms with van der Waals surface area (Å²) >= 11 is 5.94. The second-order valence-electron chi connectivity index (χ2n) is 3.27. The van der Waals surface area contributed by atoms with E-state index >= 15 is 0 Å². The van der Waals surface area contributed by atoms with Crippen molar-refractivity contribution in [2.75, 3.05) is 0 Å². The molecule has 0 bridgehead atoms. The van der Waals surface area contributed by atoms with Crippen molar-refractivity contribution in [2.24, 2.45) is 7.05 Å². The van der Waals surface area contributed by atoms with Gasteiger partial charge in [-0.3, -0.25) is 4.57 Å². The Morgan fingerprint density at radius 2 is 2.21 bits per heavy atom. The summed E-state index contributed by atoms with van der Waals surface area (Å²) in [6, 6.07) is 5.51. The molecule has 0 saturated carbocycles. The lowest BCUT2D eigenvalue weighted by Crippen LogP contribution is -2.08. The minimum absolute atomic E-state index is 0.0654. The van der Waals surface area contributed by atoms with Crippen LogP contribution in [0.15, 0.2) is 27.4 Å². The highest BCUT2D eigenvalue weighted by Gasteiger charge is 2.08. The number of nitrogens with zero attached hydrogens (tertiary/aromatic N) is 1. The molecule has 0 aliphatic rings. The molecule has 0 radical (unpaired) electrons. The van der Waals surface area contributed by atoms with Gasteiger partial charge in [-0.25, -0.2) is 4.79 Å². The van der Waals surface area contributed by atoms with Gasteiger partial charge in [0.25, 0.3) is 0 Å². The molecule has 74 valence electrons. The van der Waals surface area contributed by atoms with Gasteiger partial charge >= 0.3 is 5.76 Å². The van der Waals surface area contributed by atoms with Gasteiger partial charge in [-0.05, 0) is 24.6 Å². The lowest BCUT2D eigenvalue weighted by Gasteiger charge is -2.02. The summed E-state index contributed by atoms with van der Waals surface area (Å²) < 4.78 is 6.47. The van der Waals surface area contributed by atoms with Gasteiger partial charge in [0.15, 0.2) is 5.58 Å². The van der Waals surface area contributed by atoms with Gasteiger partial charge in [-0.1, -0.05) is 6.07 Å². The standard InChI is InChI=1S/C10H10ClNO2/c1-6(11)7-3-4-9-8(5-7)12(2)10(13)14-9/h3-6H,1-2H3. The molecular formula is C10H10ClNO2. The van der Waals surface area contributed by atoms with Crippen LogP contribution in [0.4, 0.5) is 0 Å². The number of rotatable bonds is 1. The summed E-state index contributed by atoms with van der Waals surface area (Å²) in [4.78, 5) is 11.2. The predicted molar refractivity (Wildman–Crippen MR) is 55.7 cm³/mol. The van der Waals surface area contributed by atoms with Crippen molar-refractivity contribution in [3.8, 4) is 0 Å². The molecule has 1 heterocycles. The van der Waals surface area contributed by atoms with Gasteiger partial charge < -0.3 is 4.42 Å². The number of hydrogen-bond donors (Lipinski definition) is 0. The van der Waals surface area contributed by atoms with E-state index in [0.29, 0.717) is 5.58 Å². The van der Waals surface area contributed by atoms with Crippen molar-refractivity contribution in [2.45, 2.75) is 12.3 Å². The molecule has 2 aromatic rings. The zero-order valence-electron chi connectivity index (χ0n) is 7.95. The number of aryl methyl sites for hydroxylation is 1. The molecule has 14 heavy (non-hydrogen) atoms. The van der Waals surface area contributed by atoms with Crippen LogP contribution >= 0.6 is 11.6 Å². The Balaban J connectivity index is 2.76. The maximum Gasteiger partial charge on any atom is 0.419 e. The molecule has 1 aromatic heterocycles. The third-order valence-electron chi connectivity index (χ3n) is 2.27. The van der Waals surface area contributed by atoms with Gasteiger partial charge in [0, 0.05) is 7.05 Å². The summed E-state index contributed by atoms with van der Waals surface area (Å²) in [7, 11) is 1.68. The van der Waals surface area contributed by atoms with Crippen molar-refractivity contribution >= 4 is 22.7 Å². The maximum atomic E-state index is 11.2. The first kappa shape index (κ1) is 9.34. The van der Waals surface area contributed by atoms with Gasteiger partial charge in [0.1, 0.15) is 0 Å². The van der Waals surface area contributed by atoms with Crippen molar-refractivity contribution in [1.82, 2.24) is 4.57 Å². The van der Waals surface area contributed by atoms with Gasteiger partial charge in [-0.2, -0.15) is 0 Å². The number of benzene rings is 1. The van der Waals surface area contributed by atoms with Crippen LogP contribution in [0.25, 0.3) is 11.1 Å².